The van der Waals surface area contributed by atoms with Crippen molar-refractivity contribution in [2.24, 2.45) is 0 Å². The number of rotatable bonds is 4. The third-order valence-electron chi connectivity index (χ3n) is 2.37. The molecule has 2 nitrogen and oxygen atoms in total. The number of hydrogen-bond donors (Lipinski definition) is 1. The number of hydrogen-bond acceptors (Lipinski definition) is 1. The van der Waals surface area contributed by atoms with E-state index in [4.69, 9.17) is 0 Å². The summed E-state index contributed by atoms with van der Waals surface area (Å²) in [6, 6.07) is 3.55. The van der Waals surface area contributed by atoms with E-state index in [1.54, 1.807) is 0 Å². The molecule has 1 rings (SSSR count). The van der Waals surface area contributed by atoms with Gasteiger partial charge in [0.1, 0.15) is 0 Å². The van der Waals surface area contributed by atoms with Crippen LogP contribution in [-0.2, 0) is 0 Å². The second-order valence-corrected chi connectivity index (χ2v) is 5.17. The predicted molar refractivity (Wildman–Crippen MR) is 66.3 cm³/mol. The molecule has 5 heteroatoms. The predicted octanol–water partition coefficient (Wildman–Crippen LogP) is 3.26. The first-order valence-corrected chi connectivity index (χ1v) is 6.32. The number of alkyl halides is 1. The standard InChI is InChI=1S/C12H14BrF2NO/c1-12(2,6-7-13)16-11(17)8-4-3-5-9(14)10(8)15/h3-5H,6-7H2,1-2H3,(H,16,17). The summed E-state index contributed by atoms with van der Waals surface area (Å²) in [4.78, 5) is 11.8. The minimum absolute atomic E-state index is 0.271. The Kier molecular flexibility index (Phi) is 4.62. The van der Waals surface area contributed by atoms with Crippen LogP contribution >= 0.6 is 15.9 Å². The maximum atomic E-state index is 13.4. The molecule has 1 N–H and O–H groups in total. The Morgan fingerprint density at radius 1 is 1.41 bits per heavy atom. The van der Waals surface area contributed by atoms with Gasteiger partial charge in [-0.15, -0.1) is 0 Å². The monoisotopic (exact) mass is 305 g/mol. The van der Waals surface area contributed by atoms with Crippen molar-refractivity contribution in [2.75, 3.05) is 5.33 Å². The number of nitrogens with one attached hydrogen (secondary N) is 1. The van der Waals surface area contributed by atoms with Crippen LogP contribution in [0.4, 0.5) is 8.78 Å². The zero-order valence-electron chi connectivity index (χ0n) is 9.69. The van der Waals surface area contributed by atoms with E-state index in [9.17, 15) is 13.6 Å². The van der Waals surface area contributed by atoms with E-state index in [-0.39, 0.29) is 5.56 Å². The highest BCUT2D eigenvalue weighted by molar-refractivity contribution is 9.09. The molecule has 0 aliphatic carbocycles. The molecule has 1 aromatic carbocycles. The molecule has 0 bridgehead atoms. The van der Waals surface area contributed by atoms with Gasteiger partial charge in [-0.2, -0.15) is 0 Å². The largest absolute Gasteiger partial charge is 0.347 e. The molecule has 0 fully saturated rings. The minimum Gasteiger partial charge on any atom is -0.347 e. The van der Waals surface area contributed by atoms with E-state index in [0.29, 0.717) is 11.8 Å². The zero-order valence-corrected chi connectivity index (χ0v) is 11.3. The average Bonchev–Trinajstić information content (AvgIpc) is 2.21. The molecule has 1 amide bonds. The van der Waals surface area contributed by atoms with Crippen molar-refractivity contribution >= 4 is 21.8 Å². The maximum absolute atomic E-state index is 13.4. The lowest BCUT2D eigenvalue weighted by atomic mass is 10.0. The SMILES string of the molecule is CC(C)(CCBr)NC(=O)c1cccc(F)c1F. The fourth-order valence-corrected chi connectivity index (χ4v) is 2.34. The van der Waals surface area contributed by atoms with Gasteiger partial charge in [-0.05, 0) is 32.4 Å². The summed E-state index contributed by atoms with van der Waals surface area (Å²) in [7, 11) is 0. The van der Waals surface area contributed by atoms with Crippen LogP contribution in [0.1, 0.15) is 30.6 Å². The van der Waals surface area contributed by atoms with E-state index in [1.165, 1.54) is 12.1 Å². The van der Waals surface area contributed by atoms with Gasteiger partial charge >= 0.3 is 0 Å². The van der Waals surface area contributed by atoms with Crippen LogP contribution in [0.5, 0.6) is 0 Å². The summed E-state index contributed by atoms with van der Waals surface area (Å²) >= 11 is 3.27. The molecular weight excluding hydrogens is 292 g/mol. The van der Waals surface area contributed by atoms with E-state index in [2.05, 4.69) is 21.2 Å². The third-order valence-corrected chi connectivity index (χ3v) is 2.76. The topological polar surface area (TPSA) is 29.1 Å². The Labute approximate surface area is 108 Å². The van der Waals surface area contributed by atoms with Gasteiger partial charge in [0.2, 0.25) is 0 Å². The molecular formula is C12H14BrF2NO. The van der Waals surface area contributed by atoms with Gasteiger partial charge < -0.3 is 5.32 Å². The van der Waals surface area contributed by atoms with Crippen molar-refractivity contribution in [2.45, 2.75) is 25.8 Å². The second-order valence-electron chi connectivity index (χ2n) is 4.38. The Morgan fingerprint density at radius 2 is 2.06 bits per heavy atom. The van der Waals surface area contributed by atoms with Gasteiger partial charge in [0.05, 0.1) is 5.56 Å². The molecule has 0 spiro atoms. The fraction of sp³-hybridized carbons (Fsp3) is 0.417. The molecule has 0 saturated heterocycles. The van der Waals surface area contributed by atoms with Crippen molar-refractivity contribution in [3.05, 3.63) is 35.4 Å². The van der Waals surface area contributed by atoms with Crippen molar-refractivity contribution in [1.82, 2.24) is 5.32 Å². The Morgan fingerprint density at radius 3 is 2.65 bits per heavy atom. The van der Waals surface area contributed by atoms with Crippen LogP contribution in [0.3, 0.4) is 0 Å². The van der Waals surface area contributed by atoms with Gasteiger partial charge in [-0.3, -0.25) is 4.79 Å². The maximum Gasteiger partial charge on any atom is 0.254 e. The minimum atomic E-state index is -1.11. The molecule has 94 valence electrons. The third kappa shape index (κ3) is 3.77. The van der Waals surface area contributed by atoms with Crippen molar-refractivity contribution in [3.63, 3.8) is 0 Å². The molecule has 0 aliphatic heterocycles. The highest BCUT2D eigenvalue weighted by atomic mass is 79.9. The van der Waals surface area contributed by atoms with Crippen LogP contribution in [0.15, 0.2) is 18.2 Å². The fourth-order valence-electron chi connectivity index (χ4n) is 1.35. The number of carbonyl (C=O) groups is 1. The zero-order chi connectivity index (χ0) is 13.1. The molecule has 0 radical (unpaired) electrons. The van der Waals surface area contributed by atoms with E-state index < -0.39 is 23.1 Å². The van der Waals surface area contributed by atoms with Gasteiger partial charge in [-0.25, -0.2) is 8.78 Å². The smallest absolute Gasteiger partial charge is 0.254 e. The lowest BCUT2D eigenvalue weighted by Gasteiger charge is -2.25. The number of amides is 1. The highest BCUT2D eigenvalue weighted by Gasteiger charge is 2.23. The lowest BCUT2D eigenvalue weighted by Crippen LogP contribution is -2.44. The molecule has 17 heavy (non-hydrogen) atoms. The first-order chi connectivity index (χ1) is 7.87. The molecule has 0 atom stereocenters. The van der Waals surface area contributed by atoms with Crippen LogP contribution < -0.4 is 5.32 Å². The Hall–Kier alpha value is -0.970. The molecule has 0 aromatic heterocycles. The average molecular weight is 306 g/mol. The summed E-state index contributed by atoms with van der Waals surface area (Å²) < 4.78 is 26.3. The van der Waals surface area contributed by atoms with Gasteiger partial charge in [0, 0.05) is 10.9 Å². The molecule has 0 heterocycles. The number of carbonyl (C=O) groups excluding carboxylic acids is 1. The van der Waals surface area contributed by atoms with Gasteiger partial charge in [0.25, 0.3) is 5.91 Å². The summed E-state index contributed by atoms with van der Waals surface area (Å²) in [6.07, 6.45) is 0.690. The van der Waals surface area contributed by atoms with Crippen molar-refractivity contribution < 1.29 is 13.6 Å². The Balaban J connectivity index is 2.87. The first kappa shape index (κ1) is 14.1. The highest BCUT2D eigenvalue weighted by Crippen LogP contribution is 2.15. The molecule has 0 aliphatic rings. The summed E-state index contributed by atoms with van der Waals surface area (Å²) in [5.41, 5.74) is -0.744. The van der Waals surface area contributed by atoms with Gasteiger partial charge in [0.15, 0.2) is 11.6 Å². The van der Waals surface area contributed by atoms with Crippen LogP contribution in [0.2, 0.25) is 0 Å². The van der Waals surface area contributed by atoms with E-state index >= 15 is 0 Å². The second kappa shape index (κ2) is 5.58. The molecule has 1 aromatic rings. The summed E-state index contributed by atoms with van der Waals surface area (Å²) in [5.74, 6) is -2.73. The van der Waals surface area contributed by atoms with Gasteiger partial charge in [-0.1, -0.05) is 22.0 Å². The van der Waals surface area contributed by atoms with E-state index in [1.807, 2.05) is 13.8 Å². The van der Waals surface area contributed by atoms with E-state index in [0.717, 1.165) is 6.07 Å². The lowest BCUT2D eigenvalue weighted by molar-refractivity contribution is 0.0906. The van der Waals surface area contributed by atoms with Crippen molar-refractivity contribution in [1.29, 1.82) is 0 Å². The van der Waals surface area contributed by atoms with Crippen LogP contribution in [-0.4, -0.2) is 16.8 Å². The van der Waals surface area contributed by atoms with Crippen molar-refractivity contribution in [3.8, 4) is 0 Å². The quantitative estimate of drug-likeness (QED) is 0.850. The number of halogens is 3. The normalized spacial score (nSPS) is 11.4. The van der Waals surface area contributed by atoms with Crippen LogP contribution in [0.25, 0.3) is 0 Å². The Bertz CT molecular complexity index is 421. The summed E-state index contributed by atoms with van der Waals surface area (Å²) in [5, 5.41) is 3.38. The summed E-state index contributed by atoms with van der Waals surface area (Å²) in [6.45, 7) is 3.65. The molecule has 0 unspecified atom stereocenters. The number of benzene rings is 1. The van der Waals surface area contributed by atoms with Crippen LogP contribution in [0, 0.1) is 11.6 Å². The molecule has 0 saturated carbocycles. The first-order valence-electron chi connectivity index (χ1n) is 5.20.